The van der Waals surface area contributed by atoms with Crippen LogP contribution in [0.15, 0.2) is 24.3 Å². The summed E-state index contributed by atoms with van der Waals surface area (Å²) in [6.07, 6.45) is 0. The van der Waals surface area contributed by atoms with Gasteiger partial charge in [-0.05, 0) is 42.5 Å². The van der Waals surface area contributed by atoms with Gasteiger partial charge in [0.15, 0.2) is 0 Å². The van der Waals surface area contributed by atoms with Crippen LogP contribution in [-0.4, -0.2) is 43.1 Å². The van der Waals surface area contributed by atoms with Gasteiger partial charge in [0.1, 0.15) is 0 Å². The second-order valence-electron chi connectivity index (χ2n) is 5.82. The molecule has 1 saturated heterocycles. The number of anilines is 1. The van der Waals surface area contributed by atoms with Crippen molar-refractivity contribution in [1.82, 2.24) is 4.67 Å². The SMILES string of the molecule is CC(C)N(c1ccccc1PN1CCOCC1)C(C)C. The molecule has 1 aromatic carbocycles. The molecule has 0 radical (unpaired) electrons. The molecular formula is C16H27N2OP. The van der Waals surface area contributed by atoms with Crippen molar-refractivity contribution in [2.24, 2.45) is 0 Å². The fourth-order valence-electron chi connectivity index (χ4n) is 2.79. The molecule has 2 rings (SSSR count). The van der Waals surface area contributed by atoms with Crippen LogP contribution in [0.25, 0.3) is 0 Å². The lowest BCUT2D eigenvalue weighted by atomic mass is 10.2. The van der Waals surface area contributed by atoms with Gasteiger partial charge in [-0.25, -0.2) is 0 Å². The fraction of sp³-hybridized carbons (Fsp3) is 0.625. The molecule has 1 unspecified atom stereocenters. The van der Waals surface area contributed by atoms with Crippen molar-refractivity contribution >= 4 is 19.7 Å². The molecule has 1 aromatic rings. The molecule has 0 bridgehead atoms. The fourth-order valence-corrected chi connectivity index (χ4v) is 4.04. The zero-order chi connectivity index (χ0) is 14.5. The zero-order valence-corrected chi connectivity index (χ0v) is 14.1. The van der Waals surface area contributed by atoms with Gasteiger partial charge >= 0.3 is 0 Å². The molecule has 0 amide bonds. The number of ether oxygens (including phenoxy) is 1. The molecule has 1 aliphatic heterocycles. The molecule has 112 valence electrons. The number of hydrogen-bond donors (Lipinski definition) is 0. The Kier molecular flexibility index (Phi) is 5.83. The van der Waals surface area contributed by atoms with Gasteiger partial charge in [-0.3, -0.25) is 4.67 Å². The Balaban J connectivity index is 2.20. The van der Waals surface area contributed by atoms with Gasteiger partial charge in [-0.2, -0.15) is 0 Å². The van der Waals surface area contributed by atoms with Crippen LogP contribution in [0, 0.1) is 0 Å². The first-order chi connectivity index (χ1) is 9.59. The molecule has 0 spiro atoms. The molecule has 3 nitrogen and oxygen atoms in total. The first-order valence-corrected chi connectivity index (χ1v) is 8.51. The van der Waals surface area contributed by atoms with E-state index in [-0.39, 0.29) is 0 Å². The quantitative estimate of drug-likeness (QED) is 0.777. The van der Waals surface area contributed by atoms with E-state index in [9.17, 15) is 0 Å². The van der Waals surface area contributed by atoms with Gasteiger partial charge in [0.2, 0.25) is 0 Å². The van der Waals surface area contributed by atoms with E-state index >= 15 is 0 Å². The molecule has 1 fully saturated rings. The highest BCUT2D eigenvalue weighted by atomic mass is 31.1. The van der Waals surface area contributed by atoms with E-state index in [0.29, 0.717) is 12.1 Å². The Labute approximate surface area is 125 Å². The summed E-state index contributed by atoms with van der Waals surface area (Å²) in [5.74, 6) is 0. The Bertz CT molecular complexity index is 409. The topological polar surface area (TPSA) is 15.7 Å². The maximum Gasteiger partial charge on any atom is 0.0597 e. The lowest BCUT2D eigenvalue weighted by molar-refractivity contribution is 0.0763. The molecule has 20 heavy (non-hydrogen) atoms. The summed E-state index contributed by atoms with van der Waals surface area (Å²) in [7, 11) is 0.742. The minimum Gasteiger partial charge on any atom is -0.379 e. The smallest absolute Gasteiger partial charge is 0.0597 e. The van der Waals surface area contributed by atoms with Crippen molar-refractivity contribution in [2.75, 3.05) is 31.2 Å². The van der Waals surface area contributed by atoms with Crippen LogP contribution in [0.2, 0.25) is 0 Å². The van der Waals surface area contributed by atoms with Gasteiger partial charge in [-0.15, -0.1) is 0 Å². The van der Waals surface area contributed by atoms with Crippen molar-refractivity contribution in [3.8, 4) is 0 Å². The van der Waals surface area contributed by atoms with E-state index < -0.39 is 0 Å². The second kappa shape index (κ2) is 7.40. The highest BCUT2D eigenvalue weighted by molar-refractivity contribution is 7.45. The molecule has 1 heterocycles. The summed E-state index contributed by atoms with van der Waals surface area (Å²) in [5, 5.41) is 1.46. The van der Waals surface area contributed by atoms with E-state index in [1.165, 1.54) is 11.0 Å². The third kappa shape index (κ3) is 3.94. The number of hydrogen-bond acceptors (Lipinski definition) is 3. The van der Waals surface area contributed by atoms with Crippen molar-refractivity contribution in [2.45, 2.75) is 39.8 Å². The molecule has 0 N–H and O–H groups in total. The van der Waals surface area contributed by atoms with Crippen LogP contribution in [0.3, 0.4) is 0 Å². The zero-order valence-electron chi connectivity index (χ0n) is 13.1. The molecular weight excluding hydrogens is 267 g/mol. The Morgan fingerprint density at radius 2 is 1.65 bits per heavy atom. The molecule has 0 aromatic heterocycles. The molecule has 1 atom stereocenters. The molecule has 4 heteroatoms. The number of benzene rings is 1. The predicted molar refractivity (Wildman–Crippen MR) is 89.5 cm³/mol. The largest absolute Gasteiger partial charge is 0.379 e. The summed E-state index contributed by atoms with van der Waals surface area (Å²) in [5.41, 5.74) is 1.39. The molecule has 0 aliphatic carbocycles. The Morgan fingerprint density at radius 3 is 2.25 bits per heavy atom. The minimum atomic E-state index is 0.519. The lowest BCUT2D eigenvalue weighted by Gasteiger charge is -2.36. The van der Waals surface area contributed by atoms with Crippen molar-refractivity contribution < 1.29 is 4.74 Å². The number of morpholine rings is 1. The molecule has 0 saturated carbocycles. The minimum absolute atomic E-state index is 0.519. The van der Waals surface area contributed by atoms with Gasteiger partial charge in [0, 0.05) is 36.2 Å². The van der Waals surface area contributed by atoms with Crippen LogP contribution in [0.1, 0.15) is 27.7 Å². The van der Waals surface area contributed by atoms with Crippen LogP contribution in [-0.2, 0) is 4.74 Å². The van der Waals surface area contributed by atoms with E-state index in [1.54, 1.807) is 0 Å². The first kappa shape index (κ1) is 15.8. The van der Waals surface area contributed by atoms with Crippen LogP contribution in [0.4, 0.5) is 5.69 Å². The van der Waals surface area contributed by atoms with Crippen molar-refractivity contribution in [3.63, 3.8) is 0 Å². The van der Waals surface area contributed by atoms with Gasteiger partial charge in [0.05, 0.1) is 13.2 Å². The van der Waals surface area contributed by atoms with Crippen LogP contribution in [0.5, 0.6) is 0 Å². The highest BCUT2D eigenvalue weighted by Crippen LogP contribution is 2.27. The molecule has 1 aliphatic rings. The number of para-hydroxylation sites is 1. The summed E-state index contributed by atoms with van der Waals surface area (Å²) in [4.78, 5) is 2.52. The standard InChI is InChI=1S/C16H27N2OP/c1-13(2)18(14(3)4)15-7-5-6-8-16(15)20-17-9-11-19-12-10-17/h5-8,13-14,20H,9-12H2,1-4H3. The Hall–Kier alpha value is -0.630. The van der Waals surface area contributed by atoms with E-state index in [1.807, 2.05) is 0 Å². The van der Waals surface area contributed by atoms with Crippen LogP contribution >= 0.6 is 8.73 Å². The van der Waals surface area contributed by atoms with Gasteiger partial charge in [-0.1, -0.05) is 18.2 Å². The first-order valence-electron chi connectivity index (χ1n) is 7.56. The van der Waals surface area contributed by atoms with Crippen molar-refractivity contribution in [1.29, 1.82) is 0 Å². The summed E-state index contributed by atoms with van der Waals surface area (Å²) in [6.45, 7) is 12.9. The predicted octanol–water partition coefficient (Wildman–Crippen LogP) is 2.86. The maximum absolute atomic E-state index is 5.44. The average Bonchev–Trinajstić information content (AvgIpc) is 2.41. The van der Waals surface area contributed by atoms with E-state index in [0.717, 1.165) is 35.0 Å². The Morgan fingerprint density at radius 1 is 1.05 bits per heavy atom. The number of rotatable bonds is 5. The summed E-state index contributed by atoms with van der Waals surface area (Å²) >= 11 is 0. The van der Waals surface area contributed by atoms with E-state index in [4.69, 9.17) is 4.74 Å². The third-order valence-corrected chi connectivity index (χ3v) is 5.01. The monoisotopic (exact) mass is 294 g/mol. The third-order valence-electron chi connectivity index (χ3n) is 3.58. The summed E-state index contributed by atoms with van der Waals surface area (Å²) < 4.78 is 7.96. The normalized spacial score (nSPS) is 17.5. The van der Waals surface area contributed by atoms with Crippen molar-refractivity contribution in [3.05, 3.63) is 24.3 Å². The number of nitrogens with zero attached hydrogens (tertiary/aromatic N) is 2. The second-order valence-corrected chi connectivity index (χ2v) is 7.22. The van der Waals surface area contributed by atoms with Gasteiger partial charge in [0.25, 0.3) is 0 Å². The van der Waals surface area contributed by atoms with E-state index in [2.05, 4.69) is 61.5 Å². The summed E-state index contributed by atoms with van der Waals surface area (Å²) in [6, 6.07) is 9.89. The lowest BCUT2D eigenvalue weighted by Crippen LogP contribution is -2.40. The van der Waals surface area contributed by atoms with Gasteiger partial charge < -0.3 is 9.64 Å². The van der Waals surface area contributed by atoms with Crippen LogP contribution < -0.4 is 10.2 Å². The maximum atomic E-state index is 5.44. The highest BCUT2D eigenvalue weighted by Gasteiger charge is 2.19. The average molecular weight is 294 g/mol.